The summed E-state index contributed by atoms with van der Waals surface area (Å²) in [6.07, 6.45) is 0. The number of fused-ring (bicyclic) bond motifs is 1. The normalized spacial score (nSPS) is 10.7. The van der Waals surface area contributed by atoms with Crippen LogP contribution in [-0.4, -0.2) is 18.1 Å². The van der Waals surface area contributed by atoms with Crippen LogP contribution in [0.1, 0.15) is 15.2 Å². The summed E-state index contributed by atoms with van der Waals surface area (Å²) in [5.41, 5.74) is 1.18. The number of thiophene rings is 1. The number of aliphatic hydroxyl groups excluding tert-OH is 1. The summed E-state index contributed by atoms with van der Waals surface area (Å²) < 4.78 is 6.11. The highest BCUT2D eigenvalue weighted by atomic mass is 35.5. The van der Waals surface area contributed by atoms with Crippen LogP contribution >= 0.6 is 22.9 Å². The lowest BCUT2D eigenvalue weighted by Gasteiger charge is -2.09. The van der Waals surface area contributed by atoms with E-state index >= 15 is 0 Å². The fourth-order valence-electron chi connectivity index (χ4n) is 2.33. The molecule has 6 heteroatoms. The Morgan fingerprint density at radius 2 is 2.09 bits per heavy atom. The van der Waals surface area contributed by atoms with Crippen molar-refractivity contribution in [2.24, 2.45) is 0 Å². The number of amides is 1. The number of halogens is 1. The molecule has 0 saturated heterocycles. The lowest BCUT2D eigenvalue weighted by atomic mass is 10.2. The number of benzene rings is 2. The van der Waals surface area contributed by atoms with Crippen LogP contribution < -0.4 is 10.1 Å². The first-order valence-electron chi connectivity index (χ1n) is 6.90. The smallest absolute Gasteiger partial charge is 0.267 e. The summed E-state index contributed by atoms with van der Waals surface area (Å²) in [7, 11) is 1.53. The highest BCUT2D eigenvalue weighted by molar-refractivity contribution is 7.21. The zero-order valence-electron chi connectivity index (χ0n) is 12.3. The average molecular weight is 348 g/mol. The van der Waals surface area contributed by atoms with Crippen LogP contribution in [0.4, 0.5) is 5.69 Å². The van der Waals surface area contributed by atoms with Gasteiger partial charge in [0.1, 0.15) is 10.6 Å². The van der Waals surface area contributed by atoms with Crippen molar-refractivity contribution in [2.75, 3.05) is 12.4 Å². The molecule has 0 saturated carbocycles. The minimum Gasteiger partial charge on any atom is -0.496 e. The Labute approximate surface area is 142 Å². The van der Waals surface area contributed by atoms with Crippen molar-refractivity contribution >= 4 is 44.6 Å². The highest BCUT2D eigenvalue weighted by Crippen LogP contribution is 2.35. The fraction of sp³-hybridized carbons (Fsp3) is 0.118. The molecule has 2 N–H and O–H groups in total. The molecule has 0 aliphatic carbocycles. The SMILES string of the molecule is COc1ccc(NC(=O)c2sc3ccccc3c2Cl)cc1CO. The van der Waals surface area contributed by atoms with Crippen molar-refractivity contribution in [2.45, 2.75) is 6.61 Å². The third-order valence-corrected chi connectivity index (χ3v) is 5.12. The van der Waals surface area contributed by atoms with E-state index < -0.39 is 0 Å². The van der Waals surface area contributed by atoms with Crippen molar-refractivity contribution in [3.8, 4) is 5.75 Å². The molecule has 0 unspecified atom stereocenters. The number of anilines is 1. The van der Waals surface area contributed by atoms with E-state index in [2.05, 4.69) is 5.32 Å². The maximum atomic E-state index is 12.5. The van der Waals surface area contributed by atoms with E-state index in [1.165, 1.54) is 18.4 Å². The van der Waals surface area contributed by atoms with Crippen molar-refractivity contribution < 1.29 is 14.6 Å². The number of methoxy groups -OCH3 is 1. The summed E-state index contributed by atoms with van der Waals surface area (Å²) in [4.78, 5) is 12.9. The van der Waals surface area contributed by atoms with Gasteiger partial charge in [-0.3, -0.25) is 4.79 Å². The number of rotatable bonds is 4. The van der Waals surface area contributed by atoms with Crippen LogP contribution in [0.3, 0.4) is 0 Å². The van der Waals surface area contributed by atoms with E-state index in [0.717, 1.165) is 10.1 Å². The summed E-state index contributed by atoms with van der Waals surface area (Å²) >= 11 is 7.66. The van der Waals surface area contributed by atoms with Crippen LogP contribution in [0.5, 0.6) is 5.75 Å². The molecule has 3 aromatic rings. The number of hydrogen-bond acceptors (Lipinski definition) is 4. The molecule has 118 valence electrons. The van der Waals surface area contributed by atoms with E-state index in [1.54, 1.807) is 18.2 Å². The minimum atomic E-state index is -0.273. The molecule has 3 rings (SSSR count). The molecule has 0 aliphatic rings. The van der Waals surface area contributed by atoms with Crippen molar-refractivity contribution in [1.29, 1.82) is 0 Å². The van der Waals surface area contributed by atoms with Crippen molar-refractivity contribution in [3.63, 3.8) is 0 Å². The molecule has 0 fully saturated rings. The van der Waals surface area contributed by atoms with Gasteiger partial charge in [-0.1, -0.05) is 29.8 Å². The third kappa shape index (κ3) is 3.03. The number of ether oxygens (including phenoxy) is 1. The summed E-state index contributed by atoms with van der Waals surface area (Å²) in [6, 6.07) is 12.7. The summed E-state index contributed by atoms with van der Waals surface area (Å²) in [6.45, 7) is -0.170. The molecule has 0 radical (unpaired) electrons. The first kappa shape index (κ1) is 15.8. The monoisotopic (exact) mass is 347 g/mol. The topological polar surface area (TPSA) is 58.6 Å². The van der Waals surface area contributed by atoms with Crippen molar-refractivity contribution in [1.82, 2.24) is 0 Å². The molecule has 2 aromatic carbocycles. The molecular weight excluding hydrogens is 334 g/mol. The van der Waals surface area contributed by atoms with Crippen LogP contribution in [-0.2, 0) is 6.61 Å². The second-order valence-corrected chi connectivity index (χ2v) is 6.31. The number of carbonyl (C=O) groups is 1. The van der Waals surface area contributed by atoms with Crippen LogP contribution in [0, 0.1) is 0 Å². The Bertz CT molecular complexity index is 875. The third-order valence-electron chi connectivity index (χ3n) is 3.45. The fourth-order valence-corrected chi connectivity index (χ4v) is 3.74. The number of nitrogens with one attached hydrogen (secondary N) is 1. The van der Waals surface area contributed by atoms with Gasteiger partial charge in [-0.2, -0.15) is 0 Å². The number of hydrogen-bond donors (Lipinski definition) is 2. The molecule has 0 bridgehead atoms. The largest absolute Gasteiger partial charge is 0.496 e. The van der Waals surface area contributed by atoms with E-state index in [1.807, 2.05) is 24.3 Å². The lowest BCUT2D eigenvalue weighted by Crippen LogP contribution is -2.11. The van der Waals surface area contributed by atoms with E-state index in [4.69, 9.17) is 16.3 Å². The first-order chi connectivity index (χ1) is 11.1. The molecule has 0 atom stereocenters. The van der Waals surface area contributed by atoms with Gasteiger partial charge in [0, 0.05) is 21.3 Å². The van der Waals surface area contributed by atoms with Gasteiger partial charge < -0.3 is 15.2 Å². The molecule has 4 nitrogen and oxygen atoms in total. The van der Waals surface area contributed by atoms with Crippen LogP contribution in [0.2, 0.25) is 5.02 Å². The molecule has 1 aromatic heterocycles. The molecule has 1 heterocycles. The molecule has 1 amide bonds. The average Bonchev–Trinajstić information content (AvgIpc) is 2.92. The van der Waals surface area contributed by atoms with Gasteiger partial charge in [0.25, 0.3) is 5.91 Å². The molecule has 0 aliphatic heterocycles. The highest BCUT2D eigenvalue weighted by Gasteiger charge is 2.17. The molecule has 0 spiro atoms. The van der Waals surface area contributed by atoms with Gasteiger partial charge in [-0.25, -0.2) is 0 Å². The second kappa shape index (κ2) is 6.58. The zero-order chi connectivity index (χ0) is 16.4. The van der Waals surface area contributed by atoms with Gasteiger partial charge in [0.2, 0.25) is 0 Å². The standard InChI is InChI=1S/C17H14ClNO3S/c1-22-13-7-6-11(8-10(13)9-20)19-17(21)16-15(18)12-4-2-3-5-14(12)23-16/h2-8,20H,9H2,1H3,(H,19,21). The maximum Gasteiger partial charge on any atom is 0.267 e. The predicted octanol–water partition coefficient (Wildman–Crippen LogP) is 4.31. The number of aliphatic hydroxyl groups is 1. The Morgan fingerprint density at radius 1 is 1.30 bits per heavy atom. The van der Waals surface area contributed by atoms with Gasteiger partial charge in [-0.15, -0.1) is 11.3 Å². The van der Waals surface area contributed by atoms with E-state index in [9.17, 15) is 9.90 Å². The first-order valence-corrected chi connectivity index (χ1v) is 8.09. The van der Waals surface area contributed by atoms with Crippen molar-refractivity contribution in [3.05, 3.63) is 57.9 Å². The maximum absolute atomic E-state index is 12.5. The second-order valence-electron chi connectivity index (χ2n) is 4.88. The Balaban J connectivity index is 1.90. The van der Waals surface area contributed by atoms with Crippen LogP contribution in [0.25, 0.3) is 10.1 Å². The zero-order valence-corrected chi connectivity index (χ0v) is 13.9. The van der Waals surface area contributed by atoms with E-state index in [0.29, 0.717) is 26.9 Å². The Hall–Kier alpha value is -2.08. The predicted molar refractivity (Wildman–Crippen MR) is 93.7 cm³/mol. The van der Waals surface area contributed by atoms with Gasteiger partial charge in [0.05, 0.1) is 18.7 Å². The van der Waals surface area contributed by atoms with Gasteiger partial charge in [0.15, 0.2) is 0 Å². The lowest BCUT2D eigenvalue weighted by molar-refractivity contribution is 0.103. The van der Waals surface area contributed by atoms with E-state index in [-0.39, 0.29) is 12.5 Å². The molecule has 23 heavy (non-hydrogen) atoms. The minimum absolute atomic E-state index is 0.170. The van der Waals surface area contributed by atoms with Crippen LogP contribution in [0.15, 0.2) is 42.5 Å². The van der Waals surface area contributed by atoms with Gasteiger partial charge in [-0.05, 0) is 24.3 Å². The number of carbonyl (C=O) groups excluding carboxylic acids is 1. The Kier molecular flexibility index (Phi) is 4.52. The molecular formula is C17H14ClNO3S. The quantitative estimate of drug-likeness (QED) is 0.739. The summed E-state index contributed by atoms with van der Waals surface area (Å²) in [5, 5.41) is 13.5. The Morgan fingerprint density at radius 3 is 2.78 bits per heavy atom. The van der Waals surface area contributed by atoms with Gasteiger partial charge >= 0.3 is 0 Å². The summed E-state index contributed by atoms with van der Waals surface area (Å²) in [5.74, 6) is 0.302.